The van der Waals surface area contributed by atoms with Gasteiger partial charge in [-0.05, 0) is 35.6 Å². The molecule has 2 rings (SSSR count). The minimum Gasteiger partial charge on any atom is -0.465 e. The minimum atomic E-state index is -0.698. The lowest BCUT2D eigenvalue weighted by molar-refractivity contribution is -0.118. The molecule has 0 saturated carbocycles. The number of thiophene rings is 1. The zero-order chi connectivity index (χ0) is 18.4. The maximum atomic E-state index is 12.6. The molecule has 0 radical (unpaired) electrons. The Morgan fingerprint density at radius 1 is 1.12 bits per heavy atom. The van der Waals surface area contributed by atoms with E-state index in [0.29, 0.717) is 16.1 Å². The standard InChI is InChI=1S/C18H20N2O4S/c1-11(2)15(20-16(21)14-8-5-9-25-14)17(22)19-13-7-4-6-12(10-13)18(23)24-3/h4-11,15H,1-3H3,(H,19,22)(H,20,21). The van der Waals surface area contributed by atoms with E-state index in [0.717, 1.165) is 0 Å². The lowest BCUT2D eigenvalue weighted by atomic mass is 10.0. The number of ether oxygens (including phenoxy) is 1. The Kier molecular flexibility index (Phi) is 6.30. The quantitative estimate of drug-likeness (QED) is 0.776. The number of methoxy groups -OCH3 is 1. The van der Waals surface area contributed by atoms with E-state index in [-0.39, 0.29) is 17.7 Å². The van der Waals surface area contributed by atoms with Crippen LogP contribution in [0.5, 0.6) is 0 Å². The molecular formula is C18H20N2O4S. The molecule has 6 nitrogen and oxygen atoms in total. The molecule has 0 aliphatic heterocycles. The van der Waals surface area contributed by atoms with E-state index in [4.69, 9.17) is 0 Å². The van der Waals surface area contributed by atoms with Crippen LogP contribution in [0.25, 0.3) is 0 Å². The second-order valence-electron chi connectivity index (χ2n) is 5.73. The van der Waals surface area contributed by atoms with Gasteiger partial charge in [-0.2, -0.15) is 0 Å². The van der Waals surface area contributed by atoms with Gasteiger partial charge in [-0.25, -0.2) is 4.79 Å². The van der Waals surface area contributed by atoms with Crippen molar-refractivity contribution in [2.45, 2.75) is 19.9 Å². The first kappa shape index (κ1) is 18.7. The molecule has 2 N–H and O–H groups in total. The zero-order valence-corrected chi connectivity index (χ0v) is 15.1. The van der Waals surface area contributed by atoms with Crippen molar-refractivity contribution < 1.29 is 19.1 Å². The van der Waals surface area contributed by atoms with Gasteiger partial charge in [0.15, 0.2) is 0 Å². The fraction of sp³-hybridized carbons (Fsp3) is 0.278. The third kappa shape index (κ3) is 4.90. The fourth-order valence-corrected chi connectivity index (χ4v) is 2.84. The first-order chi connectivity index (χ1) is 11.9. The van der Waals surface area contributed by atoms with Gasteiger partial charge in [0.25, 0.3) is 5.91 Å². The summed E-state index contributed by atoms with van der Waals surface area (Å²) in [5.41, 5.74) is 0.799. The second-order valence-corrected chi connectivity index (χ2v) is 6.68. The van der Waals surface area contributed by atoms with Crippen LogP contribution >= 0.6 is 11.3 Å². The zero-order valence-electron chi connectivity index (χ0n) is 14.2. The molecule has 2 aromatic rings. The Morgan fingerprint density at radius 2 is 1.88 bits per heavy atom. The lowest BCUT2D eigenvalue weighted by Gasteiger charge is -2.21. The highest BCUT2D eigenvalue weighted by molar-refractivity contribution is 7.12. The maximum Gasteiger partial charge on any atom is 0.337 e. The van der Waals surface area contributed by atoms with Crippen LogP contribution in [0.4, 0.5) is 5.69 Å². The van der Waals surface area contributed by atoms with Gasteiger partial charge in [0.05, 0.1) is 17.6 Å². The summed E-state index contributed by atoms with van der Waals surface area (Å²) in [6, 6.07) is 9.23. The van der Waals surface area contributed by atoms with Crippen LogP contribution in [-0.2, 0) is 9.53 Å². The first-order valence-corrected chi connectivity index (χ1v) is 8.64. The summed E-state index contributed by atoms with van der Waals surface area (Å²) in [6.45, 7) is 3.70. The predicted octanol–water partition coefficient (Wildman–Crippen LogP) is 2.93. The van der Waals surface area contributed by atoms with Gasteiger partial charge in [-0.15, -0.1) is 11.3 Å². The number of hydrogen-bond acceptors (Lipinski definition) is 5. The van der Waals surface area contributed by atoms with Crippen LogP contribution in [-0.4, -0.2) is 30.9 Å². The fourth-order valence-electron chi connectivity index (χ4n) is 2.22. The predicted molar refractivity (Wildman–Crippen MR) is 96.8 cm³/mol. The van der Waals surface area contributed by atoms with Crippen molar-refractivity contribution in [1.82, 2.24) is 5.32 Å². The van der Waals surface area contributed by atoms with Crippen LogP contribution in [0.1, 0.15) is 33.9 Å². The number of nitrogens with one attached hydrogen (secondary N) is 2. The van der Waals surface area contributed by atoms with Crippen LogP contribution in [0.15, 0.2) is 41.8 Å². The monoisotopic (exact) mass is 360 g/mol. The van der Waals surface area contributed by atoms with Crippen LogP contribution in [0.3, 0.4) is 0 Å². The number of carbonyl (C=O) groups excluding carboxylic acids is 3. The number of rotatable bonds is 6. The van der Waals surface area contributed by atoms with E-state index in [1.807, 2.05) is 13.8 Å². The maximum absolute atomic E-state index is 12.6. The Labute approximate surface area is 150 Å². The van der Waals surface area contributed by atoms with E-state index in [1.54, 1.807) is 35.7 Å². The molecule has 1 aromatic heterocycles. The van der Waals surface area contributed by atoms with Crippen molar-refractivity contribution in [3.8, 4) is 0 Å². The van der Waals surface area contributed by atoms with Gasteiger partial charge >= 0.3 is 5.97 Å². The van der Waals surface area contributed by atoms with Crippen molar-refractivity contribution in [3.63, 3.8) is 0 Å². The van der Waals surface area contributed by atoms with Crippen molar-refractivity contribution in [2.75, 3.05) is 12.4 Å². The van der Waals surface area contributed by atoms with Crippen LogP contribution in [0, 0.1) is 5.92 Å². The Morgan fingerprint density at radius 3 is 2.48 bits per heavy atom. The molecule has 0 saturated heterocycles. The number of amides is 2. The third-order valence-corrected chi connectivity index (χ3v) is 4.40. The molecule has 0 bridgehead atoms. The molecule has 1 aromatic carbocycles. The molecule has 1 atom stereocenters. The Hall–Kier alpha value is -2.67. The number of carbonyl (C=O) groups is 3. The molecule has 0 aliphatic carbocycles. The normalized spacial score (nSPS) is 11.7. The summed E-state index contributed by atoms with van der Waals surface area (Å²) in [7, 11) is 1.29. The molecule has 0 aliphatic rings. The summed E-state index contributed by atoms with van der Waals surface area (Å²) in [5.74, 6) is -1.22. The number of esters is 1. The lowest BCUT2D eigenvalue weighted by Crippen LogP contribution is -2.46. The molecule has 1 heterocycles. The molecule has 25 heavy (non-hydrogen) atoms. The molecule has 7 heteroatoms. The van der Waals surface area contributed by atoms with Gasteiger partial charge in [0.2, 0.25) is 5.91 Å². The van der Waals surface area contributed by atoms with Crippen molar-refractivity contribution in [3.05, 3.63) is 52.2 Å². The molecule has 132 valence electrons. The average Bonchev–Trinajstić information content (AvgIpc) is 3.13. The van der Waals surface area contributed by atoms with E-state index in [2.05, 4.69) is 15.4 Å². The van der Waals surface area contributed by atoms with Gasteiger partial charge < -0.3 is 15.4 Å². The average molecular weight is 360 g/mol. The van der Waals surface area contributed by atoms with Crippen molar-refractivity contribution >= 4 is 34.8 Å². The summed E-state index contributed by atoms with van der Waals surface area (Å²) in [6.07, 6.45) is 0. The minimum absolute atomic E-state index is 0.104. The number of hydrogen-bond donors (Lipinski definition) is 2. The Bertz CT molecular complexity index is 756. The molecule has 0 spiro atoms. The second kappa shape index (κ2) is 8.43. The van der Waals surface area contributed by atoms with E-state index >= 15 is 0 Å². The topological polar surface area (TPSA) is 84.5 Å². The molecule has 2 amide bonds. The number of anilines is 1. The Balaban J connectivity index is 2.10. The van der Waals surface area contributed by atoms with Crippen molar-refractivity contribution in [1.29, 1.82) is 0 Å². The highest BCUT2D eigenvalue weighted by Gasteiger charge is 2.25. The molecule has 1 unspecified atom stereocenters. The highest BCUT2D eigenvalue weighted by atomic mass is 32.1. The van der Waals surface area contributed by atoms with Gasteiger partial charge in [0.1, 0.15) is 6.04 Å². The number of benzene rings is 1. The van der Waals surface area contributed by atoms with Gasteiger partial charge in [0, 0.05) is 5.69 Å². The van der Waals surface area contributed by atoms with Gasteiger partial charge in [-0.3, -0.25) is 9.59 Å². The van der Waals surface area contributed by atoms with Crippen molar-refractivity contribution in [2.24, 2.45) is 5.92 Å². The SMILES string of the molecule is COC(=O)c1cccc(NC(=O)C(NC(=O)c2cccs2)C(C)C)c1. The van der Waals surface area contributed by atoms with E-state index < -0.39 is 12.0 Å². The largest absolute Gasteiger partial charge is 0.465 e. The highest BCUT2D eigenvalue weighted by Crippen LogP contribution is 2.15. The smallest absolute Gasteiger partial charge is 0.337 e. The van der Waals surface area contributed by atoms with Crippen LogP contribution < -0.4 is 10.6 Å². The summed E-state index contributed by atoms with van der Waals surface area (Å²) < 4.78 is 4.67. The molecule has 0 fully saturated rings. The summed E-state index contributed by atoms with van der Waals surface area (Å²) in [4.78, 5) is 36.9. The van der Waals surface area contributed by atoms with E-state index in [9.17, 15) is 14.4 Å². The third-order valence-electron chi connectivity index (χ3n) is 3.53. The molecular weight excluding hydrogens is 340 g/mol. The first-order valence-electron chi connectivity index (χ1n) is 7.76. The van der Waals surface area contributed by atoms with Crippen LogP contribution in [0.2, 0.25) is 0 Å². The summed E-state index contributed by atoms with van der Waals surface area (Å²) >= 11 is 1.31. The van der Waals surface area contributed by atoms with Gasteiger partial charge in [-0.1, -0.05) is 26.0 Å². The summed E-state index contributed by atoms with van der Waals surface area (Å²) in [5, 5.41) is 7.29. The van der Waals surface area contributed by atoms with E-state index in [1.165, 1.54) is 24.5 Å².